The molecule has 4 atom stereocenters. The molecular formula is C16H32N4. The van der Waals surface area contributed by atoms with Crippen LogP contribution in [-0.2, 0) is 0 Å². The quantitative estimate of drug-likeness (QED) is 0.637. The second-order valence-corrected chi connectivity index (χ2v) is 5.90. The lowest BCUT2D eigenvalue weighted by atomic mass is 10.1. The molecule has 0 aromatic carbocycles. The zero-order valence-electron chi connectivity index (χ0n) is 13.5. The van der Waals surface area contributed by atoms with Crippen molar-refractivity contribution in [3.05, 3.63) is 12.3 Å². The minimum Gasteiger partial charge on any atom is -0.387 e. The molecule has 1 heterocycles. The molecule has 0 radical (unpaired) electrons. The first-order valence-corrected chi connectivity index (χ1v) is 8.02. The summed E-state index contributed by atoms with van der Waals surface area (Å²) in [5.41, 5.74) is 0. The van der Waals surface area contributed by atoms with Crippen LogP contribution in [0, 0.1) is 0 Å². The molecule has 0 fully saturated rings. The maximum Gasteiger partial charge on any atom is 0.0621 e. The molecule has 1 aliphatic rings. The summed E-state index contributed by atoms with van der Waals surface area (Å²) >= 11 is 0. The van der Waals surface area contributed by atoms with E-state index in [-0.39, 0.29) is 0 Å². The minimum atomic E-state index is 0.311. The van der Waals surface area contributed by atoms with Gasteiger partial charge in [-0.1, -0.05) is 6.42 Å². The van der Waals surface area contributed by atoms with Crippen molar-refractivity contribution in [1.29, 1.82) is 0 Å². The van der Waals surface area contributed by atoms with Gasteiger partial charge < -0.3 is 16.0 Å². The number of nitrogens with zero attached hydrogens (tertiary/aromatic N) is 1. The Hall–Kier alpha value is -0.870. The third kappa shape index (κ3) is 7.06. The molecular weight excluding hydrogens is 248 g/mol. The van der Waals surface area contributed by atoms with E-state index in [1.807, 2.05) is 18.5 Å². The Labute approximate surface area is 124 Å². The molecule has 0 saturated heterocycles. The van der Waals surface area contributed by atoms with Crippen LogP contribution in [-0.4, -0.2) is 43.5 Å². The second kappa shape index (κ2) is 9.94. The van der Waals surface area contributed by atoms with Crippen molar-refractivity contribution in [3.8, 4) is 0 Å². The van der Waals surface area contributed by atoms with Crippen LogP contribution >= 0.6 is 0 Å². The predicted molar refractivity (Wildman–Crippen MR) is 88.5 cm³/mol. The normalized spacial score (nSPS) is 36.2. The zero-order chi connectivity index (χ0) is 14.8. The first-order chi connectivity index (χ1) is 9.61. The summed E-state index contributed by atoms with van der Waals surface area (Å²) in [6.07, 6.45) is 9.63. The molecule has 0 aromatic heterocycles. The number of hydrogen-bond donors (Lipinski definition) is 3. The van der Waals surface area contributed by atoms with Crippen molar-refractivity contribution in [3.63, 3.8) is 0 Å². The first-order valence-electron chi connectivity index (χ1n) is 8.02. The first kappa shape index (κ1) is 17.2. The van der Waals surface area contributed by atoms with Crippen LogP contribution in [0.3, 0.4) is 0 Å². The van der Waals surface area contributed by atoms with Crippen molar-refractivity contribution in [2.24, 2.45) is 4.99 Å². The third-order valence-electron chi connectivity index (χ3n) is 4.12. The standard InChI is InChI=1S/C16H32N4/c1-13-15(3)19-11-8-12-20-16(4)14(2)18-10-7-5-6-9-17-13/h8,11-19H,5-7,9-10H2,1-4H3/b11-8-,20-12?/t13-,14-,15-,16-/m1/s1. The fourth-order valence-corrected chi connectivity index (χ4v) is 2.14. The largest absolute Gasteiger partial charge is 0.387 e. The van der Waals surface area contributed by atoms with Crippen molar-refractivity contribution in [2.45, 2.75) is 71.1 Å². The maximum absolute atomic E-state index is 4.55. The van der Waals surface area contributed by atoms with Crippen LogP contribution in [0.4, 0.5) is 0 Å². The van der Waals surface area contributed by atoms with E-state index in [2.05, 4.69) is 48.6 Å². The summed E-state index contributed by atoms with van der Waals surface area (Å²) in [6.45, 7) is 11.0. The molecule has 1 aliphatic heterocycles. The molecule has 116 valence electrons. The summed E-state index contributed by atoms with van der Waals surface area (Å²) in [4.78, 5) is 4.55. The smallest absolute Gasteiger partial charge is 0.0621 e. The van der Waals surface area contributed by atoms with Crippen LogP contribution in [0.25, 0.3) is 0 Å². The molecule has 0 saturated carbocycles. The summed E-state index contributed by atoms with van der Waals surface area (Å²) in [5, 5.41) is 10.5. The van der Waals surface area contributed by atoms with Gasteiger partial charge in [-0.05, 0) is 65.9 Å². The fraction of sp³-hybridized carbons (Fsp3) is 0.812. The average Bonchev–Trinajstić information content (AvgIpc) is 2.43. The highest BCUT2D eigenvalue weighted by molar-refractivity contribution is 5.71. The molecule has 0 bridgehead atoms. The van der Waals surface area contributed by atoms with E-state index in [1.54, 1.807) is 0 Å². The summed E-state index contributed by atoms with van der Waals surface area (Å²) in [6, 6.07) is 1.63. The van der Waals surface area contributed by atoms with Gasteiger partial charge in [-0.3, -0.25) is 4.99 Å². The monoisotopic (exact) mass is 280 g/mol. The molecule has 1 rings (SSSR count). The third-order valence-corrected chi connectivity index (χ3v) is 4.12. The van der Waals surface area contributed by atoms with Crippen LogP contribution in [0.5, 0.6) is 0 Å². The summed E-state index contributed by atoms with van der Waals surface area (Å²) in [5.74, 6) is 0. The number of hydrogen-bond acceptors (Lipinski definition) is 4. The lowest BCUT2D eigenvalue weighted by Crippen LogP contribution is -2.42. The highest BCUT2D eigenvalue weighted by atomic mass is 15.0. The Kier molecular flexibility index (Phi) is 8.54. The van der Waals surface area contributed by atoms with E-state index in [0.29, 0.717) is 24.2 Å². The highest BCUT2D eigenvalue weighted by Crippen LogP contribution is 2.00. The Morgan fingerprint density at radius 2 is 1.50 bits per heavy atom. The fourth-order valence-electron chi connectivity index (χ4n) is 2.14. The van der Waals surface area contributed by atoms with Gasteiger partial charge in [0.1, 0.15) is 0 Å². The maximum atomic E-state index is 4.55. The lowest BCUT2D eigenvalue weighted by Gasteiger charge is -2.22. The van der Waals surface area contributed by atoms with Crippen LogP contribution in [0.15, 0.2) is 17.3 Å². The van der Waals surface area contributed by atoms with Gasteiger partial charge in [0, 0.05) is 24.3 Å². The minimum absolute atomic E-state index is 0.311. The van der Waals surface area contributed by atoms with Crippen LogP contribution in [0.1, 0.15) is 47.0 Å². The average molecular weight is 280 g/mol. The zero-order valence-corrected chi connectivity index (χ0v) is 13.5. The van der Waals surface area contributed by atoms with Crippen molar-refractivity contribution < 1.29 is 0 Å². The Morgan fingerprint density at radius 3 is 2.20 bits per heavy atom. The Balaban J connectivity index is 2.52. The van der Waals surface area contributed by atoms with Crippen molar-refractivity contribution in [2.75, 3.05) is 13.1 Å². The topological polar surface area (TPSA) is 48.5 Å². The highest BCUT2D eigenvalue weighted by Gasteiger charge is 2.10. The van der Waals surface area contributed by atoms with Gasteiger partial charge in [-0.25, -0.2) is 0 Å². The van der Waals surface area contributed by atoms with Gasteiger partial charge in [0.15, 0.2) is 0 Å². The number of allylic oxidation sites excluding steroid dienone is 1. The van der Waals surface area contributed by atoms with E-state index in [0.717, 1.165) is 13.1 Å². The van der Waals surface area contributed by atoms with Gasteiger partial charge in [0.05, 0.1) is 6.04 Å². The van der Waals surface area contributed by atoms with Gasteiger partial charge in [0.2, 0.25) is 0 Å². The Bertz CT molecular complexity index is 301. The van der Waals surface area contributed by atoms with E-state index < -0.39 is 0 Å². The van der Waals surface area contributed by atoms with Crippen molar-refractivity contribution in [1.82, 2.24) is 16.0 Å². The Morgan fingerprint density at radius 1 is 0.850 bits per heavy atom. The van der Waals surface area contributed by atoms with Crippen LogP contribution in [0.2, 0.25) is 0 Å². The molecule has 4 nitrogen and oxygen atoms in total. The van der Waals surface area contributed by atoms with Gasteiger partial charge >= 0.3 is 0 Å². The molecule has 4 heteroatoms. The van der Waals surface area contributed by atoms with Crippen molar-refractivity contribution >= 4 is 6.21 Å². The van der Waals surface area contributed by atoms with Gasteiger partial charge in [-0.2, -0.15) is 0 Å². The summed E-state index contributed by atoms with van der Waals surface area (Å²) in [7, 11) is 0. The molecule has 0 amide bonds. The van der Waals surface area contributed by atoms with E-state index in [4.69, 9.17) is 0 Å². The molecule has 0 aliphatic carbocycles. The molecule has 0 unspecified atom stereocenters. The number of aliphatic imine (C=N–C) groups is 1. The molecule has 3 N–H and O–H groups in total. The number of rotatable bonds is 0. The van der Waals surface area contributed by atoms with Crippen LogP contribution < -0.4 is 16.0 Å². The summed E-state index contributed by atoms with van der Waals surface area (Å²) < 4.78 is 0. The van der Waals surface area contributed by atoms with E-state index >= 15 is 0 Å². The van der Waals surface area contributed by atoms with Gasteiger partial charge in [0.25, 0.3) is 0 Å². The molecule has 20 heavy (non-hydrogen) atoms. The molecule has 0 spiro atoms. The van der Waals surface area contributed by atoms with E-state index in [9.17, 15) is 0 Å². The lowest BCUT2D eigenvalue weighted by molar-refractivity contribution is 0.428. The number of nitrogens with one attached hydrogen (secondary N) is 3. The molecule has 0 aromatic rings. The van der Waals surface area contributed by atoms with Gasteiger partial charge in [-0.15, -0.1) is 0 Å². The van der Waals surface area contributed by atoms with E-state index in [1.165, 1.54) is 19.3 Å². The SMILES string of the molecule is C[C@H]1N=C/C=C\N[C@H](C)[C@@H](C)NCCCCCN[C@@H]1C. The second-order valence-electron chi connectivity index (χ2n) is 5.90. The predicted octanol–water partition coefficient (Wildman–Crippen LogP) is 2.08.